The zero-order valence-corrected chi connectivity index (χ0v) is 20.0. The van der Waals surface area contributed by atoms with E-state index in [4.69, 9.17) is 14.2 Å². The van der Waals surface area contributed by atoms with Gasteiger partial charge in [-0.25, -0.2) is 22.0 Å². The molecule has 0 unspecified atom stereocenters. The third-order valence-electron chi connectivity index (χ3n) is 5.30. The molecule has 4 rings (SSSR count). The van der Waals surface area contributed by atoms with Crippen molar-refractivity contribution in [1.82, 2.24) is 5.06 Å². The highest BCUT2D eigenvalue weighted by Crippen LogP contribution is 2.35. The number of hydrogen-bond donors (Lipinski definition) is 0. The second-order valence-corrected chi connectivity index (χ2v) is 9.13. The summed E-state index contributed by atoms with van der Waals surface area (Å²) in [5.74, 6) is -15.8. The van der Waals surface area contributed by atoms with Gasteiger partial charge < -0.3 is 14.2 Å². The molecule has 202 valence electrons. The second kappa shape index (κ2) is 10.6. The summed E-state index contributed by atoms with van der Waals surface area (Å²) in [7, 11) is -4.43. The molecule has 0 fully saturated rings. The molecule has 1 aliphatic heterocycles. The van der Waals surface area contributed by atoms with Crippen LogP contribution in [0.4, 0.5) is 22.0 Å². The summed E-state index contributed by atoms with van der Waals surface area (Å²) < 4.78 is 114. The first-order chi connectivity index (χ1) is 18.0. The van der Waals surface area contributed by atoms with Gasteiger partial charge in [-0.1, -0.05) is 12.1 Å². The molecule has 2 amide bonds. The van der Waals surface area contributed by atoms with Gasteiger partial charge in [-0.15, -0.1) is 9.35 Å². The van der Waals surface area contributed by atoms with Crippen LogP contribution >= 0.6 is 0 Å². The molecule has 9 nitrogen and oxygen atoms in total. The number of hydroxylamine groups is 2. The van der Waals surface area contributed by atoms with Gasteiger partial charge in [-0.05, 0) is 23.6 Å². The molecule has 3 aromatic rings. The molecule has 0 radical (unpaired) electrons. The Balaban J connectivity index is 1.69. The average Bonchev–Trinajstić information content (AvgIpc) is 2.89. The molecule has 0 saturated carbocycles. The van der Waals surface area contributed by atoms with E-state index in [1.165, 1.54) is 31.4 Å². The first-order valence-electron chi connectivity index (χ1n) is 10.6. The summed E-state index contributed by atoms with van der Waals surface area (Å²) in [6.45, 7) is 0.848. The summed E-state index contributed by atoms with van der Waals surface area (Å²) >= 11 is 0. The van der Waals surface area contributed by atoms with Crippen molar-refractivity contribution in [2.75, 3.05) is 33.5 Å². The standard InChI is InChI=1S/C23H16F5NO8S/c1-34-5-6-35-7-8-36-12-9-11-3-2-4-13-15(11)14(10-12)23(31)29(22(13)30)37-38(32,33)21-19(27)17(25)16(24)18(26)20(21)28/h2-4,9-10H,5-8H2,1H3. The van der Waals surface area contributed by atoms with Gasteiger partial charge >= 0.3 is 10.1 Å². The molecule has 0 aromatic heterocycles. The van der Waals surface area contributed by atoms with Gasteiger partial charge in [-0.2, -0.15) is 8.42 Å². The molecule has 1 aliphatic rings. The van der Waals surface area contributed by atoms with E-state index in [0.29, 0.717) is 18.6 Å². The van der Waals surface area contributed by atoms with Gasteiger partial charge in [0.25, 0.3) is 11.8 Å². The number of amides is 2. The summed E-state index contributed by atoms with van der Waals surface area (Å²) in [5, 5.41) is 0.0984. The van der Waals surface area contributed by atoms with Crippen LogP contribution in [0, 0.1) is 29.1 Å². The molecule has 1 heterocycles. The fourth-order valence-corrected chi connectivity index (χ4v) is 4.64. The number of benzene rings is 3. The van der Waals surface area contributed by atoms with Gasteiger partial charge in [0, 0.05) is 12.5 Å². The van der Waals surface area contributed by atoms with Crippen molar-refractivity contribution >= 4 is 32.7 Å². The molecule has 38 heavy (non-hydrogen) atoms. The molecule has 0 saturated heterocycles. The van der Waals surface area contributed by atoms with Crippen LogP contribution in [0.1, 0.15) is 20.7 Å². The summed E-state index contributed by atoms with van der Waals surface area (Å²) in [6, 6.07) is 6.81. The van der Waals surface area contributed by atoms with Gasteiger partial charge in [0.2, 0.25) is 5.82 Å². The molecule has 0 atom stereocenters. The van der Waals surface area contributed by atoms with Gasteiger partial charge in [-0.3, -0.25) is 9.59 Å². The van der Waals surface area contributed by atoms with E-state index in [9.17, 15) is 40.0 Å². The Kier molecular flexibility index (Phi) is 7.64. The maximum Gasteiger partial charge on any atom is 0.324 e. The second-order valence-electron chi connectivity index (χ2n) is 7.66. The van der Waals surface area contributed by atoms with E-state index >= 15 is 0 Å². The maximum absolute atomic E-state index is 14.1. The van der Waals surface area contributed by atoms with Crippen molar-refractivity contribution in [3.8, 4) is 5.75 Å². The van der Waals surface area contributed by atoms with Gasteiger partial charge in [0.05, 0.1) is 30.9 Å². The molecule has 0 bridgehead atoms. The third-order valence-corrected chi connectivity index (χ3v) is 6.50. The number of rotatable bonds is 10. The Morgan fingerprint density at radius 1 is 0.789 bits per heavy atom. The summed E-state index contributed by atoms with van der Waals surface area (Å²) in [4.78, 5) is 23.7. The minimum atomic E-state index is -5.93. The Labute approximate surface area is 211 Å². The van der Waals surface area contributed by atoms with Crippen molar-refractivity contribution in [2.24, 2.45) is 0 Å². The fraction of sp³-hybridized carbons (Fsp3) is 0.217. The summed E-state index contributed by atoms with van der Waals surface area (Å²) in [5.41, 5.74) is -0.528. The van der Waals surface area contributed by atoms with Crippen LogP contribution in [0.15, 0.2) is 35.2 Å². The third kappa shape index (κ3) is 4.80. The number of carbonyl (C=O) groups excluding carboxylic acids is 2. The highest BCUT2D eigenvalue weighted by molar-refractivity contribution is 7.86. The van der Waals surface area contributed by atoms with E-state index in [1.54, 1.807) is 0 Å². The topological polar surface area (TPSA) is 108 Å². The quantitative estimate of drug-likeness (QED) is 0.122. The van der Waals surface area contributed by atoms with Crippen LogP contribution in [-0.4, -0.2) is 58.8 Å². The first-order valence-corrected chi connectivity index (χ1v) is 12.0. The first kappa shape index (κ1) is 27.4. The monoisotopic (exact) mass is 561 g/mol. The van der Waals surface area contributed by atoms with Crippen molar-refractivity contribution in [2.45, 2.75) is 4.90 Å². The van der Waals surface area contributed by atoms with Crippen molar-refractivity contribution in [1.29, 1.82) is 0 Å². The molecule has 15 heteroatoms. The molecule has 0 spiro atoms. The predicted octanol–water partition coefficient (Wildman–Crippen LogP) is 3.49. The van der Waals surface area contributed by atoms with Crippen LogP contribution < -0.4 is 4.74 Å². The number of ether oxygens (including phenoxy) is 3. The number of nitrogens with zero attached hydrogens (tertiary/aromatic N) is 1. The number of halogens is 5. The number of hydrogen-bond acceptors (Lipinski definition) is 8. The Morgan fingerprint density at radius 2 is 1.39 bits per heavy atom. The fourth-order valence-electron chi connectivity index (χ4n) is 3.61. The molecular formula is C23H16F5NO8S. The van der Waals surface area contributed by atoms with E-state index in [-0.39, 0.29) is 40.5 Å². The lowest BCUT2D eigenvalue weighted by Crippen LogP contribution is -2.42. The van der Waals surface area contributed by atoms with Crippen LogP contribution in [0.25, 0.3) is 10.8 Å². The van der Waals surface area contributed by atoms with Crippen molar-refractivity contribution in [3.05, 3.63) is 70.5 Å². The lowest BCUT2D eigenvalue weighted by atomic mass is 9.95. The summed E-state index contributed by atoms with van der Waals surface area (Å²) in [6.07, 6.45) is 0. The van der Waals surface area contributed by atoms with E-state index in [1.807, 2.05) is 0 Å². The van der Waals surface area contributed by atoms with E-state index in [2.05, 4.69) is 4.28 Å². The highest BCUT2D eigenvalue weighted by Gasteiger charge is 2.41. The zero-order chi connectivity index (χ0) is 27.8. The molecule has 0 N–H and O–H groups in total. The smallest absolute Gasteiger partial charge is 0.324 e. The number of carbonyl (C=O) groups is 2. The van der Waals surface area contributed by atoms with Crippen LogP contribution in [-0.2, 0) is 23.9 Å². The Bertz CT molecular complexity index is 1530. The molecule has 0 aliphatic carbocycles. The minimum absolute atomic E-state index is 0.0380. The normalized spacial score (nSPS) is 13.5. The van der Waals surface area contributed by atoms with Crippen LogP contribution in [0.3, 0.4) is 0 Å². The van der Waals surface area contributed by atoms with Crippen molar-refractivity contribution < 1.29 is 58.5 Å². The highest BCUT2D eigenvalue weighted by atomic mass is 32.2. The average molecular weight is 561 g/mol. The maximum atomic E-state index is 14.1. The van der Waals surface area contributed by atoms with Gasteiger partial charge in [0.15, 0.2) is 28.2 Å². The molecular weight excluding hydrogens is 545 g/mol. The molecule has 3 aromatic carbocycles. The Morgan fingerprint density at radius 3 is 2.05 bits per heavy atom. The van der Waals surface area contributed by atoms with Crippen LogP contribution in [0.5, 0.6) is 5.75 Å². The predicted molar refractivity (Wildman–Crippen MR) is 117 cm³/mol. The van der Waals surface area contributed by atoms with Crippen LogP contribution in [0.2, 0.25) is 0 Å². The zero-order valence-electron chi connectivity index (χ0n) is 19.2. The lowest BCUT2D eigenvalue weighted by Gasteiger charge is -2.26. The SMILES string of the molecule is COCCOCCOc1cc2c3c(cccc3c1)C(=O)N(OS(=O)(=O)c1c(F)c(F)c(F)c(F)c1F)C2=O. The van der Waals surface area contributed by atoms with Crippen molar-refractivity contribution in [3.63, 3.8) is 0 Å². The number of imide groups is 1. The van der Waals surface area contributed by atoms with E-state index < -0.39 is 55.9 Å². The van der Waals surface area contributed by atoms with E-state index in [0.717, 1.165) is 6.07 Å². The number of methoxy groups -OCH3 is 1. The largest absolute Gasteiger partial charge is 0.491 e. The Hall–Kier alpha value is -3.66. The minimum Gasteiger partial charge on any atom is -0.491 e. The lowest BCUT2D eigenvalue weighted by molar-refractivity contribution is -0.0159. The van der Waals surface area contributed by atoms with Gasteiger partial charge in [0.1, 0.15) is 12.4 Å².